The van der Waals surface area contributed by atoms with E-state index in [2.05, 4.69) is 110 Å². The summed E-state index contributed by atoms with van der Waals surface area (Å²) < 4.78 is 0.797. The fourth-order valence-corrected chi connectivity index (χ4v) is 12.5. The Morgan fingerprint density at radius 3 is 1.68 bits per heavy atom. The summed E-state index contributed by atoms with van der Waals surface area (Å²) in [5.74, 6) is -0.0475. The van der Waals surface area contributed by atoms with Gasteiger partial charge in [0.15, 0.2) is 0 Å². The first kappa shape index (κ1) is 25.1. The molecule has 34 heavy (non-hydrogen) atoms. The molecule has 0 atom stereocenters. The molecule has 0 aliphatic heterocycles. The molecule has 4 aromatic carbocycles. The van der Waals surface area contributed by atoms with Crippen molar-refractivity contribution in [1.29, 1.82) is 0 Å². The minimum atomic E-state index is -3.22. The van der Waals surface area contributed by atoms with Gasteiger partial charge in [0.05, 0.1) is 0 Å². The molecular weight excluding hydrogens is 593 g/mol. The summed E-state index contributed by atoms with van der Waals surface area (Å²) in [4.78, 5) is 12.4. The first-order valence-corrected chi connectivity index (χ1v) is 16.7. The second-order valence-electron chi connectivity index (χ2n) is 8.17. The molecule has 1 N–H and O–H groups in total. The van der Waals surface area contributed by atoms with E-state index in [1.165, 1.54) is 15.9 Å². The number of carbonyl (C=O) groups excluding carboxylic acids is 1. The molecule has 4 aromatic rings. The Morgan fingerprint density at radius 2 is 1.26 bits per heavy atom. The summed E-state index contributed by atoms with van der Waals surface area (Å²) in [6, 6.07) is 35.7. The number of amides is 1. The summed E-state index contributed by atoms with van der Waals surface area (Å²) in [5, 5.41) is 4.05. The molecule has 0 fully saturated rings. The molecule has 0 bridgehead atoms. The van der Waals surface area contributed by atoms with Gasteiger partial charge in [0.2, 0.25) is 0 Å². The molecule has 1 amide bonds. The van der Waals surface area contributed by atoms with Gasteiger partial charge >= 0.3 is 224 Å². The van der Waals surface area contributed by atoms with E-state index in [1.54, 1.807) is 0 Å². The van der Waals surface area contributed by atoms with Gasteiger partial charge in [0.25, 0.3) is 0 Å². The molecule has 0 unspecified atom stereocenters. The summed E-state index contributed by atoms with van der Waals surface area (Å²) in [6.45, 7) is 1.85. The van der Waals surface area contributed by atoms with Gasteiger partial charge in [-0.05, 0) is 0 Å². The molecule has 0 radical (unpaired) electrons. The van der Waals surface area contributed by atoms with Gasteiger partial charge in [0.1, 0.15) is 0 Å². The van der Waals surface area contributed by atoms with Gasteiger partial charge in [-0.3, -0.25) is 0 Å². The molecule has 0 saturated carbocycles. The normalized spacial score (nSPS) is 12.5. The Morgan fingerprint density at radius 1 is 0.824 bits per heavy atom. The molecular formula is C28H25Br2ClNOP. The van der Waals surface area contributed by atoms with E-state index in [4.69, 9.17) is 11.6 Å². The fourth-order valence-electron chi connectivity index (χ4n) is 4.33. The molecule has 6 heteroatoms. The average molecular weight is 618 g/mol. The van der Waals surface area contributed by atoms with Crippen molar-refractivity contribution in [3.63, 3.8) is 0 Å². The molecule has 2 nitrogen and oxygen atoms in total. The predicted molar refractivity (Wildman–Crippen MR) is 156 cm³/mol. The molecule has 0 aliphatic carbocycles. The summed E-state index contributed by atoms with van der Waals surface area (Å²) in [6.07, 6.45) is 1.04. The van der Waals surface area contributed by atoms with Crippen LogP contribution >= 0.6 is 48.3 Å². The number of halogens is 3. The van der Waals surface area contributed by atoms with Gasteiger partial charge in [-0.15, -0.1) is 0 Å². The predicted octanol–water partition coefficient (Wildman–Crippen LogP) is 7.79. The van der Waals surface area contributed by atoms with E-state index in [1.807, 2.05) is 37.3 Å². The van der Waals surface area contributed by atoms with Crippen LogP contribution in [0.4, 0.5) is 5.69 Å². The summed E-state index contributed by atoms with van der Waals surface area (Å²) in [7, 11) is 0. The fraction of sp³-hybridized carbons (Fsp3) is 0.107. The molecule has 0 saturated heterocycles. The van der Waals surface area contributed by atoms with E-state index < -0.39 is 5.31 Å². The Labute approximate surface area is 222 Å². The Bertz CT molecular complexity index is 1200. The third-order valence-electron chi connectivity index (χ3n) is 6.09. The van der Waals surface area contributed by atoms with Crippen molar-refractivity contribution in [2.24, 2.45) is 0 Å². The number of hydrogen-bond acceptors (Lipinski definition) is 1. The molecule has 0 aliphatic rings. The number of nitrogens with one attached hydrogen (secondary N) is 1. The third-order valence-corrected chi connectivity index (χ3v) is 16.8. The van der Waals surface area contributed by atoms with E-state index in [0.29, 0.717) is 17.6 Å². The van der Waals surface area contributed by atoms with Crippen LogP contribution in [0.25, 0.3) is 0 Å². The molecule has 174 valence electrons. The van der Waals surface area contributed by atoms with Gasteiger partial charge < -0.3 is 0 Å². The van der Waals surface area contributed by atoms with Gasteiger partial charge in [-0.1, -0.05) is 0 Å². The Balaban J connectivity index is 2.07. The molecule has 0 spiro atoms. The number of rotatable bonds is 7. The second-order valence-corrected chi connectivity index (χ2v) is 18.4. The van der Waals surface area contributed by atoms with Crippen LogP contribution in [0.5, 0.6) is 0 Å². The Kier molecular flexibility index (Phi) is 7.64. The van der Waals surface area contributed by atoms with Gasteiger partial charge in [-0.2, -0.15) is 0 Å². The third kappa shape index (κ3) is 4.62. The van der Waals surface area contributed by atoms with Crippen LogP contribution in [-0.2, 0) is 11.0 Å². The van der Waals surface area contributed by atoms with Crippen molar-refractivity contribution in [2.45, 2.75) is 19.5 Å². The quantitative estimate of drug-likeness (QED) is 0.211. The van der Waals surface area contributed by atoms with Crippen LogP contribution in [0.1, 0.15) is 18.9 Å². The first-order chi connectivity index (χ1) is 16.4. The van der Waals surface area contributed by atoms with Gasteiger partial charge in [0, 0.05) is 0 Å². The van der Waals surface area contributed by atoms with Crippen molar-refractivity contribution < 1.29 is 4.79 Å². The van der Waals surface area contributed by atoms with Crippen LogP contribution in [0.3, 0.4) is 0 Å². The SMILES string of the molecule is CCC(=O)Nc1cc(Cl)c(Br)cc1CP(Br)(c1ccccc1)(c1ccccc1)c1ccccc1. The van der Waals surface area contributed by atoms with E-state index in [-0.39, 0.29) is 5.91 Å². The van der Waals surface area contributed by atoms with Gasteiger partial charge in [-0.25, -0.2) is 0 Å². The zero-order valence-corrected chi connectivity index (χ0v) is 23.5. The van der Waals surface area contributed by atoms with Crippen molar-refractivity contribution in [3.8, 4) is 0 Å². The summed E-state index contributed by atoms with van der Waals surface area (Å²) in [5.41, 5.74) is 1.74. The van der Waals surface area contributed by atoms with Crippen LogP contribution < -0.4 is 21.2 Å². The van der Waals surface area contributed by atoms with Crippen molar-refractivity contribution >= 4 is 75.8 Å². The topological polar surface area (TPSA) is 29.1 Å². The molecule has 0 heterocycles. The second kappa shape index (κ2) is 10.3. The summed E-state index contributed by atoms with van der Waals surface area (Å²) >= 11 is 14.6. The zero-order valence-electron chi connectivity index (χ0n) is 18.7. The number of anilines is 1. The minimum absolute atomic E-state index is 0.0475. The monoisotopic (exact) mass is 615 g/mol. The number of benzene rings is 4. The van der Waals surface area contributed by atoms with E-state index in [0.717, 1.165) is 15.7 Å². The van der Waals surface area contributed by atoms with E-state index >= 15 is 0 Å². The standard InChI is InChI=1S/C28H25Br2ClNOP/c1-2-28(33)32-27-19-26(31)25(29)18-21(27)20-34(30,22-12-6-3-7-13-22,23-14-8-4-9-15-23)24-16-10-5-11-17-24/h3-19H,2,20H2,1H3,(H,32,33). The van der Waals surface area contributed by atoms with E-state index in [9.17, 15) is 4.79 Å². The van der Waals surface area contributed by atoms with Crippen LogP contribution in [0.2, 0.25) is 5.02 Å². The van der Waals surface area contributed by atoms with Crippen LogP contribution in [-0.4, -0.2) is 5.91 Å². The number of carbonyl (C=O) groups is 1. The van der Waals surface area contributed by atoms with Crippen molar-refractivity contribution in [2.75, 3.05) is 5.32 Å². The Hall–Kier alpha value is -1.97. The zero-order chi connectivity index (χ0) is 24.2. The molecule has 4 rings (SSSR count). The van der Waals surface area contributed by atoms with Crippen LogP contribution in [0, 0.1) is 0 Å². The van der Waals surface area contributed by atoms with Crippen LogP contribution in [0.15, 0.2) is 108 Å². The maximum atomic E-state index is 12.4. The number of hydrogen-bond donors (Lipinski definition) is 1. The first-order valence-electron chi connectivity index (χ1n) is 11.0. The van der Waals surface area contributed by atoms with Crippen molar-refractivity contribution in [3.05, 3.63) is 118 Å². The maximum absolute atomic E-state index is 12.4. The van der Waals surface area contributed by atoms with Crippen molar-refractivity contribution in [1.82, 2.24) is 0 Å². The average Bonchev–Trinajstić information content (AvgIpc) is 2.88. The molecule has 0 aromatic heterocycles.